The van der Waals surface area contributed by atoms with Gasteiger partial charge in [-0.15, -0.1) is 0 Å². The van der Waals surface area contributed by atoms with Crippen LogP contribution in [0.2, 0.25) is 0 Å². The molecule has 0 aliphatic rings. The molecule has 3 heteroatoms. The van der Waals surface area contributed by atoms with Crippen molar-refractivity contribution < 1.29 is 9.90 Å². The second-order valence-electron chi connectivity index (χ2n) is 2.58. The van der Waals surface area contributed by atoms with Gasteiger partial charge in [0.05, 0.1) is 5.92 Å². The Kier molecular flexibility index (Phi) is 4.03. The van der Waals surface area contributed by atoms with Gasteiger partial charge in [-0.3, -0.25) is 4.79 Å². The molecule has 0 rings (SSSR count). The highest BCUT2D eigenvalue weighted by Crippen LogP contribution is 2.05. The standard InChI is InChI=1S/C7H15NO2/c1-3-4-6(8)5(2)7(9)10/h5-6H,3-4,8H2,1-2H3,(H,9,10)/t5-,6+/m0/s1. The van der Waals surface area contributed by atoms with Gasteiger partial charge in [-0.2, -0.15) is 0 Å². The first kappa shape index (κ1) is 9.43. The Labute approximate surface area is 61.2 Å². The zero-order valence-electron chi connectivity index (χ0n) is 6.50. The van der Waals surface area contributed by atoms with Gasteiger partial charge >= 0.3 is 5.97 Å². The predicted octanol–water partition coefficient (Wildman–Crippen LogP) is 0.835. The van der Waals surface area contributed by atoms with Crippen LogP contribution in [0.1, 0.15) is 26.7 Å². The maximum atomic E-state index is 10.3. The molecule has 0 amide bonds. The van der Waals surface area contributed by atoms with Crippen LogP contribution in [0.4, 0.5) is 0 Å². The molecule has 60 valence electrons. The summed E-state index contributed by atoms with van der Waals surface area (Å²) >= 11 is 0. The third kappa shape index (κ3) is 2.82. The van der Waals surface area contributed by atoms with Crippen LogP contribution in [-0.2, 0) is 4.79 Å². The van der Waals surface area contributed by atoms with Crippen LogP contribution in [0.3, 0.4) is 0 Å². The van der Waals surface area contributed by atoms with E-state index < -0.39 is 11.9 Å². The van der Waals surface area contributed by atoms with Gasteiger partial charge in [0.15, 0.2) is 0 Å². The minimum atomic E-state index is -0.805. The zero-order chi connectivity index (χ0) is 8.15. The van der Waals surface area contributed by atoms with E-state index in [1.54, 1.807) is 6.92 Å². The smallest absolute Gasteiger partial charge is 0.307 e. The molecule has 0 radical (unpaired) electrons. The van der Waals surface area contributed by atoms with E-state index in [1.165, 1.54) is 0 Å². The van der Waals surface area contributed by atoms with E-state index in [0.717, 1.165) is 12.8 Å². The van der Waals surface area contributed by atoms with Gasteiger partial charge in [0.2, 0.25) is 0 Å². The first-order valence-electron chi connectivity index (χ1n) is 3.58. The SMILES string of the molecule is CCC[C@@H](N)[C@H](C)C(=O)O. The summed E-state index contributed by atoms with van der Waals surface area (Å²) in [5, 5.41) is 8.50. The lowest BCUT2D eigenvalue weighted by Gasteiger charge is -2.13. The molecule has 0 bridgehead atoms. The Morgan fingerprint density at radius 1 is 1.70 bits per heavy atom. The third-order valence-electron chi connectivity index (χ3n) is 1.65. The number of carboxylic acid groups (broad SMARTS) is 1. The topological polar surface area (TPSA) is 63.3 Å². The average Bonchev–Trinajstić information content (AvgIpc) is 1.87. The maximum absolute atomic E-state index is 10.3. The van der Waals surface area contributed by atoms with Gasteiger partial charge in [-0.25, -0.2) is 0 Å². The number of rotatable bonds is 4. The molecule has 0 heterocycles. The second kappa shape index (κ2) is 4.28. The molecule has 0 spiro atoms. The second-order valence-corrected chi connectivity index (χ2v) is 2.58. The Hall–Kier alpha value is -0.570. The molecule has 0 aliphatic carbocycles. The summed E-state index contributed by atoms with van der Waals surface area (Å²) in [5.74, 6) is -1.22. The quantitative estimate of drug-likeness (QED) is 0.616. The van der Waals surface area contributed by atoms with Gasteiger partial charge in [-0.05, 0) is 6.42 Å². The fourth-order valence-electron chi connectivity index (χ4n) is 0.766. The summed E-state index contributed by atoms with van der Waals surface area (Å²) in [6.45, 7) is 3.64. The summed E-state index contributed by atoms with van der Waals surface area (Å²) in [7, 11) is 0. The van der Waals surface area contributed by atoms with Crippen LogP contribution < -0.4 is 5.73 Å². The molecule has 0 aromatic carbocycles. The molecule has 0 unspecified atom stereocenters. The number of carboxylic acids is 1. The van der Waals surface area contributed by atoms with E-state index in [1.807, 2.05) is 6.92 Å². The van der Waals surface area contributed by atoms with Crippen LogP contribution in [0.15, 0.2) is 0 Å². The fourth-order valence-corrected chi connectivity index (χ4v) is 0.766. The van der Waals surface area contributed by atoms with Crippen molar-refractivity contribution in [3.05, 3.63) is 0 Å². The minimum absolute atomic E-state index is 0.192. The highest BCUT2D eigenvalue weighted by molar-refractivity contribution is 5.70. The predicted molar refractivity (Wildman–Crippen MR) is 39.7 cm³/mol. The van der Waals surface area contributed by atoms with Crippen LogP contribution in [0, 0.1) is 5.92 Å². The van der Waals surface area contributed by atoms with Crippen molar-refractivity contribution in [2.75, 3.05) is 0 Å². The first-order chi connectivity index (χ1) is 4.59. The van der Waals surface area contributed by atoms with Crippen molar-refractivity contribution in [2.24, 2.45) is 11.7 Å². The van der Waals surface area contributed by atoms with Gasteiger partial charge in [0.1, 0.15) is 0 Å². The molecule has 3 N–H and O–H groups in total. The number of hydrogen-bond acceptors (Lipinski definition) is 2. The molecule has 3 nitrogen and oxygen atoms in total. The zero-order valence-corrected chi connectivity index (χ0v) is 6.50. The summed E-state index contributed by atoms with van der Waals surface area (Å²) in [6.07, 6.45) is 1.73. The van der Waals surface area contributed by atoms with E-state index in [4.69, 9.17) is 10.8 Å². The summed E-state index contributed by atoms with van der Waals surface area (Å²) in [6, 6.07) is -0.192. The van der Waals surface area contributed by atoms with Gasteiger partial charge in [0.25, 0.3) is 0 Å². The number of hydrogen-bond donors (Lipinski definition) is 2. The van der Waals surface area contributed by atoms with Crippen LogP contribution in [-0.4, -0.2) is 17.1 Å². The lowest BCUT2D eigenvalue weighted by Crippen LogP contribution is -2.33. The molecule has 0 aromatic rings. The fraction of sp³-hybridized carbons (Fsp3) is 0.857. The lowest BCUT2D eigenvalue weighted by atomic mass is 9.99. The molecule has 0 aliphatic heterocycles. The summed E-state index contributed by atoms with van der Waals surface area (Å²) in [5.41, 5.74) is 5.55. The molecule has 0 fully saturated rings. The van der Waals surface area contributed by atoms with Crippen molar-refractivity contribution >= 4 is 5.97 Å². The summed E-state index contributed by atoms with van der Waals surface area (Å²) in [4.78, 5) is 10.3. The van der Waals surface area contributed by atoms with E-state index in [9.17, 15) is 4.79 Å². The first-order valence-corrected chi connectivity index (χ1v) is 3.58. The maximum Gasteiger partial charge on any atom is 0.307 e. The molecule has 2 atom stereocenters. The Morgan fingerprint density at radius 3 is 2.50 bits per heavy atom. The van der Waals surface area contributed by atoms with E-state index in [-0.39, 0.29) is 6.04 Å². The third-order valence-corrected chi connectivity index (χ3v) is 1.65. The van der Waals surface area contributed by atoms with Gasteiger partial charge < -0.3 is 10.8 Å². The minimum Gasteiger partial charge on any atom is -0.481 e. The molecule has 0 aromatic heterocycles. The average molecular weight is 145 g/mol. The Balaban J connectivity index is 3.69. The largest absolute Gasteiger partial charge is 0.481 e. The monoisotopic (exact) mass is 145 g/mol. The number of carbonyl (C=O) groups is 1. The lowest BCUT2D eigenvalue weighted by molar-refractivity contribution is -0.141. The molecule has 10 heavy (non-hydrogen) atoms. The highest BCUT2D eigenvalue weighted by atomic mass is 16.4. The normalized spacial score (nSPS) is 16.3. The Morgan fingerprint density at radius 2 is 2.20 bits per heavy atom. The highest BCUT2D eigenvalue weighted by Gasteiger charge is 2.18. The van der Waals surface area contributed by atoms with Gasteiger partial charge in [0, 0.05) is 6.04 Å². The molecular formula is C7H15NO2. The molecular weight excluding hydrogens is 130 g/mol. The Bertz CT molecular complexity index is 114. The van der Waals surface area contributed by atoms with E-state index >= 15 is 0 Å². The van der Waals surface area contributed by atoms with Crippen LogP contribution >= 0.6 is 0 Å². The van der Waals surface area contributed by atoms with Crippen LogP contribution in [0.25, 0.3) is 0 Å². The molecule has 0 saturated heterocycles. The van der Waals surface area contributed by atoms with E-state index in [2.05, 4.69) is 0 Å². The van der Waals surface area contributed by atoms with Crippen molar-refractivity contribution in [1.82, 2.24) is 0 Å². The van der Waals surface area contributed by atoms with Crippen molar-refractivity contribution in [3.8, 4) is 0 Å². The van der Waals surface area contributed by atoms with Crippen molar-refractivity contribution in [3.63, 3.8) is 0 Å². The summed E-state index contributed by atoms with van der Waals surface area (Å²) < 4.78 is 0. The molecule has 0 saturated carbocycles. The van der Waals surface area contributed by atoms with Gasteiger partial charge in [-0.1, -0.05) is 20.3 Å². The van der Waals surface area contributed by atoms with E-state index in [0.29, 0.717) is 0 Å². The van der Waals surface area contributed by atoms with Crippen molar-refractivity contribution in [1.29, 1.82) is 0 Å². The number of aliphatic carboxylic acids is 1. The van der Waals surface area contributed by atoms with Crippen molar-refractivity contribution in [2.45, 2.75) is 32.7 Å². The number of nitrogens with two attached hydrogens (primary N) is 1. The van der Waals surface area contributed by atoms with Crippen LogP contribution in [0.5, 0.6) is 0 Å².